The van der Waals surface area contributed by atoms with Crippen LogP contribution in [0.1, 0.15) is 46.0 Å². The van der Waals surface area contributed by atoms with Crippen LogP contribution in [-0.2, 0) is 9.53 Å². The average molecular weight is 240 g/mol. The molecule has 4 heteroatoms. The summed E-state index contributed by atoms with van der Waals surface area (Å²) in [6.45, 7) is 3.93. The number of hydrogen-bond donors (Lipinski definition) is 2. The van der Waals surface area contributed by atoms with Crippen LogP contribution in [-0.4, -0.2) is 33.5 Å². The van der Waals surface area contributed by atoms with Gasteiger partial charge < -0.3 is 14.9 Å². The minimum atomic E-state index is -1.28. The highest BCUT2D eigenvalue weighted by Gasteiger charge is 2.73. The normalized spacial score (nSPS) is 51.9. The average Bonchev–Trinajstić information content (AvgIpc) is 2.63. The van der Waals surface area contributed by atoms with E-state index >= 15 is 0 Å². The molecule has 0 bridgehead atoms. The molecule has 0 unspecified atom stereocenters. The fourth-order valence-corrected chi connectivity index (χ4v) is 4.39. The van der Waals surface area contributed by atoms with Crippen molar-refractivity contribution in [2.45, 2.75) is 63.3 Å². The molecule has 0 aromatic carbocycles. The summed E-state index contributed by atoms with van der Waals surface area (Å²) < 4.78 is 5.31. The van der Waals surface area contributed by atoms with E-state index in [-0.39, 0.29) is 11.9 Å². The number of carbonyl (C=O) groups is 1. The second-order valence-electron chi connectivity index (χ2n) is 6.61. The van der Waals surface area contributed by atoms with Crippen LogP contribution in [0.4, 0.5) is 0 Å². The van der Waals surface area contributed by atoms with Crippen LogP contribution in [0.15, 0.2) is 0 Å². The van der Waals surface area contributed by atoms with Crippen molar-refractivity contribution in [3.8, 4) is 0 Å². The number of rotatable bonds is 0. The highest BCUT2D eigenvalue weighted by atomic mass is 16.6. The second kappa shape index (κ2) is 3.04. The van der Waals surface area contributed by atoms with Crippen molar-refractivity contribution < 1.29 is 19.7 Å². The van der Waals surface area contributed by atoms with E-state index in [0.29, 0.717) is 19.3 Å². The molecule has 4 nitrogen and oxygen atoms in total. The molecule has 3 aliphatic rings. The van der Waals surface area contributed by atoms with Gasteiger partial charge in [0.05, 0.1) is 12.0 Å². The van der Waals surface area contributed by atoms with Crippen molar-refractivity contribution in [3.05, 3.63) is 0 Å². The Morgan fingerprint density at radius 2 is 2.00 bits per heavy atom. The quantitative estimate of drug-likeness (QED) is 0.620. The lowest BCUT2D eigenvalue weighted by molar-refractivity contribution is -0.247. The van der Waals surface area contributed by atoms with Crippen LogP contribution in [0.2, 0.25) is 0 Å². The number of carbonyl (C=O) groups excluding carboxylic acids is 1. The Morgan fingerprint density at radius 1 is 1.29 bits per heavy atom. The lowest BCUT2D eigenvalue weighted by Crippen LogP contribution is -2.66. The smallest absolute Gasteiger partial charge is 0.306 e. The van der Waals surface area contributed by atoms with Crippen molar-refractivity contribution in [2.24, 2.45) is 11.3 Å². The summed E-state index contributed by atoms with van der Waals surface area (Å²) >= 11 is 0. The topological polar surface area (TPSA) is 66.8 Å². The van der Waals surface area contributed by atoms with Crippen LogP contribution < -0.4 is 0 Å². The van der Waals surface area contributed by atoms with Gasteiger partial charge in [0.2, 0.25) is 0 Å². The van der Waals surface area contributed by atoms with E-state index in [1.54, 1.807) is 0 Å². The number of aliphatic hydroxyl groups is 2. The Morgan fingerprint density at radius 3 is 2.71 bits per heavy atom. The Balaban J connectivity index is 2.07. The summed E-state index contributed by atoms with van der Waals surface area (Å²) in [6, 6.07) is 0. The lowest BCUT2D eigenvalue weighted by Gasteiger charge is -2.54. The van der Waals surface area contributed by atoms with Crippen LogP contribution in [0.25, 0.3) is 0 Å². The first kappa shape index (κ1) is 11.5. The summed E-state index contributed by atoms with van der Waals surface area (Å²) in [4.78, 5) is 11.4. The van der Waals surface area contributed by atoms with Crippen LogP contribution in [0, 0.1) is 11.3 Å². The molecule has 3 fully saturated rings. The maximum absolute atomic E-state index is 11.4. The Kier molecular flexibility index (Phi) is 2.05. The number of esters is 1. The van der Waals surface area contributed by atoms with Gasteiger partial charge in [0.1, 0.15) is 11.7 Å². The van der Waals surface area contributed by atoms with Gasteiger partial charge >= 0.3 is 5.97 Å². The molecule has 0 amide bonds. The summed E-state index contributed by atoms with van der Waals surface area (Å²) in [5, 5.41) is 21.8. The van der Waals surface area contributed by atoms with Crippen LogP contribution in [0.3, 0.4) is 0 Å². The van der Waals surface area contributed by atoms with E-state index in [1.807, 2.05) is 13.8 Å². The van der Waals surface area contributed by atoms with Gasteiger partial charge in [0.25, 0.3) is 0 Å². The van der Waals surface area contributed by atoms with Gasteiger partial charge in [-0.05, 0) is 25.7 Å². The summed E-state index contributed by atoms with van der Waals surface area (Å²) in [5.41, 5.74) is -2.77. The van der Waals surface area contributed by atoms with Gasteiger partial charge in [0.15, 0.2) is 0 Å². The zero-order chi connectivity index (χ0) is 12.5. The fraction of sp³-hybridized carbons (Fsp3) is 0.923. The van der Waals surface area contributed by atoms with Crippen LogP contribution in [0.5, 0.6) is 0 Å². The number of fused-ring (bicyclic) bond motifs is 3. The molecular weight excluding hydrogens is 220 g/mol. The highest BCUT2D eigenvalue weighted by molar-refractivity contribution is 5.73. The molecule has 96 valence electrons. The van der Waals surface area contributed by atoms with Gasteiger partial charge in [-0.15, -0.1) is 0 Å². The highest BCUT2D eigenvalue weighted by Crippen LogP contribution is 2.61. The largest absolute Gasteiger partial charge is 0.459 e. The standard InChI is InChI=1S/C13H20O4/c1-11(2)4-3-5-12(15)7-8-6-9(14)17-10(8)13(11,12)16/h8,10,15-16H,3-7H2,1-2H3/t8-,10-,12-,13-/m0/s1. The van der Waals surface area contributed by atoms with Gasteiger partial charge in [-0.1, -0.05) is 13.8 Å². The molecule has 4 atom stereocenters. The SMILES string of the molecule is CC1(C)CCC[C@]2(O)C[C@@H]3CC(=O)O[C@@H]3[C@]12O. The minimum Gasteiger partial charge on any atom is -0.459 e. The van der Waals surface area contributed by atoms with E-state index in [1.165, 1.54) is 0 Å². The zero-order valence-electron chi connectivity index (χ0n) is 10.4. The number of hydrogen-bond acceptors (Lipinski definition) is 4. The van der Waals surface area contributed by atoms with Crippen molar-refractivity contribution >= 4 is 5.97 Å². The number of ether oxygens (including phenoxy) is 1. The zero-order valence-corrected chi connectivity index (χ0v) is 10.4. The molecule has 1 heterocycles. The van der Waals surface area contributed by atoms with Gasteiger partial charge in [-0.25, -0.2) is 0 Å². The molecule has 2 aliphatic carbocycles. The lowest BCUT2D eigenvalue weighted by atomic mass is 9.58. The van der Waals surface area contributed by atoms with Crippen molar-refractivity contribution in [1.29, 1.82) is 0 Å². The monoisotopic (exact) mass is 240 g/mol. The molecular formula is C13H20O4. The third-order valence-corrected chi connectivity index (χ3v) is 5.26. The van der Waals surface area contributed by atoms with Gasteiger partial charge in [-0.3, -0.25) is 4.79 Å². The summed E-state index contributed by atoms with van der Waals surface area (Å²) in [7, 11) is 0. The van der Waals surface area contributed by atoms with E-state index in [0.717, 1.165) is 12.8 Å². The maximum atomic E-state index is 11.4. The Labute approximate surface area is 101 Å². The molecule has 3 rings (SSSR count). The molecule has 0 radical (unpaired) electrons. The molecule has 0 aromatic heterocycles. The van der Waals surface area contributed by atoms with E-state index in [2.05, 4.69) is 0 Å². The predicted octanol–water partition coefficient (Wildman–Crippen LogP) is 0.994. The van der Waals surface area contributed by atoms with E-state index < -0.39 is 22.7 Å². The molecule has 2 saturated carbocycles. The first-order valence-corrected chi connectivity index (χ1v) is 6.44. The first-order valence-electron chi connectivity index (χ1n) is 6.44. The molecule has 2 N–H and O–H groups in total. The third-order valence-electron chi connectivity index (χ3n) is 5.26. The van der Waals surface area contributed by atoms with Gasteiger partial charge in [0, 0.05) is 11.3 Å². The molecule has 0 aromatic rings. The maximum Gasteiger partial charge on any atom is 0.306 e. The summed E-state index contributed by atoms with van der Waals surface area (Å²) in [5.74, 6) is -0.258. The molecule has 17 heavy (non-hydrogen) atoms. The molecule has 1 saturated heterocycles. The summed E-state index contributed by atoms with van der Waals surface area (Å²) in [6.07, 6.45) is 2.69. The van der Waals surface area contributed by atoms with Crippen molar-refractivity contribution in [3.63, 3.8) is 0 Å². The minimum absolute atomic E-state index is 0.0186. The van der Waals surface area contributed by atoms with Crippen molar-refractivity contribution in [2.75, 3.05) is 0 Å². The van der Waals surface area contributed by atoms with Gasteiger partial charge in [-0.2, -0.15) is 0 Å². The van der Waals surface area contributed by atoms with Crippen molar-refractivity contribution in [1.82, 2.24) is 0 Å². The first-order chi connectivity index (χ1) is 7.80. The van der Waals surface area contributed by atoms with E-state index in [9.17, 15) is 15.0 Å². The Hall–Kier alpha value is -0.610. The second-order valence-corrected chi connectivity index (χ2v) is 6.61. The fourth-order valence-electron chi connectivity index (χ4n) is 4.39. The Bertz CT molecular complexity index is 378. The molecule has 0 spiro atoms. The molecule has 1 aliphatic heterocycles. The van der Waals surface area contributed by atoms with E-state index in [4.69, 9.17) is 4.74 Å². The van der Waals surface area contributed by atoms with Crippen LogP contribution >= 0.6 is 0 Å². The third kappa shape index (κ3) is 1.18. The predicted molar refractivity (Wildman–Crippen MR) is 60.1 cm³/mol.